The molecular formula is C9H13NO2. The van der Waals surface area contributed by atoms with Crippen LogP contribution < -0.4 is 5.32 Å². The summed E-state index contributed by atoms with van der Waals surface area (Å²) < 4.78 is 0. The van der Waals surface area contributed by atoms with E-state index in [1.54, 1.807) is 0 Å². The number of hydrogen-bond donors (Lipinski definition) is 1. The molecular weight excluding hydrogens is 154 g/mol. The third-order valence-corrected chi connectivity index (χ3v) is 2.97. The minimum Gasteiger partial charge on any atom is -0.356 e. The molecule has 0 aromatic heterocycles. The Morgan fingerprint density at radius 3 is 3.00 bits per heavy atom. The fourth-order valence-electron chi connectivity index (χ4n) is 2.25. The second-order valence-corrected chi connectivity index (χ2v) is 3.61. The summed E-state index contributed by atoms with van der Waals surface area (Å²) in [5.41, 5.74) is 0. The van der Waals surface area contributed by atoms with E-state index in [1.807, 2.05) is 6.92 Å². The first kappa shape index (κ1) is 7.77. The number of carbonyl (C=O) groups excluding carboxylic acids is 2. The van der Waals surface area contributed by atoms with Crippen LogP contribution in [0.2, 0.25) is 0 Å². The number of Topliss-reactive ketones (excluding diaryl/α,β-unsaturated/α-hetero) is 1. The summed E-state index contributed by atoms with van der Waals surface area (Å²) in [4.78, 5) is 22.5. The third-order valence-electron chi connectivity index (χ3n) is 2.97. The molecule has 1 aliphatic heterocycles. The zero-order valence-corrected chi connectivity index (χ0v) is 7.17. The lowest BCUT2D eigenvalue weighted by atomic mass is 10.1. The molecule has 1 saturated carbocycles. The van der Waals surface area contributed by atoms with Crippen molar-refractivity contribution in [1.82, 2.24) is 5.32 Å². The van der Waals surface area contributed by atoms with Crippen LogP contribution >= 0.6 is 0 Å². The molecule has 1 aliphatic carbocycles. The van der Waals surface area contributed by atoms with Gasteiger partial charge in [0, 0.05) is 18.9 Å². The van der Waals surface area contributed by atoms with Gasteiger partial charge in [0.15, 0.2) is 0 Å². The van der Waals surface area contributed by atoms with Crippen LogP contribution in [0.1, 0.15) is 19.8 Å². The van der Waals surface area contributed by atoms with Crippen LogP contribution in [0.4, 0.5) is 0 Å². The average molecular weight is 167 g/mol. The van der Waals surface area contributed by atoms with E-state index < -0.39 is 0 Å². The van der Waals surface area contributed by atoms with Crippen molar-refractivity contribution in [2.45, 2.75) is 19.8 Å². The normalized spacial score (nSPS) is 38.4. The zero-order valence-electron chi connectivity index (χ0n) is 7.17. The Kier molecular flexibility index (Phi) is 1.67. The molecule has 3 nitrogen and oxygen atoms in total. The van der Waals surface area contributed by atoms with Crippen LogP contribution in [0.25, 0.3) is 0 Å². The van der Waals surface area contributed by atoms with Crippen LogP contribution in [-0.4, -0.2) is 18.2 Å². The summed E-state index contributed by atoms with van der Waals surface area (Å²) in [5.74, 6) is 0.843. The van der Waals surface area contributed by atoms with Gasteiger partial charge in [0.05, 0.1) is 5.92 Å². The highest BCUT2D eigenvalue weighted by atomic mass is 16.2. The molecule has 0 unspecified atom stereocenters. The summed E-state index contributed by atoms with van der Waals surface area (Å²) >= 11 is 0. The van der Waals surface area contributed by atoms with E-state index >= 15 is 0 Å². The number of fused-ring (bicyclic) bond motifs is 1. The molecule has 0 aromatic rings. The van der Waals surface area contributed by atoms with Crippen molar-refractivity contribution in [3.05, 3.63) is 0 Å². The number of ketones is 1. The lowest BCUT2D eigenvalue weighted by Crippen LogP contribution is -2.31. The number of amides is 1. The molecule has 0 aromatic carbocycles. The molecule has 1 amide bonds. The Morgan fingerprint density at radius 1 is 1.67 bits per heavy atom. The van der Waals surface area contributed by atoms with Crippen molar-refractivity contribution < 1.29 is 9.59 Å². The monoisotopic (exact) mass is 167 g/mol. The van der Waals surface area contributed by atoms with E-state index in [-0.39, 0.29) is 23.5 Å². The first-order valence-electron chi connectivity index (χ1n) is 4.56. The van der Waals surface area contributed by atoms with E-state index in [2.05, 4.69) is 5.32 Å². The minimum atomic E-state index is 0.0335. The molecule has 3 atom stereocenters. The summed E-state index contributed by atoms with van der Waals surface area (Å²) in [7, 11) is 0. The van der Waals surface area contributed by atoms with Crippen LogP contribution in [0.5, 0.6) is 0 Å². The standard InChI is InChI=1S/C9H13NO2/c1-2-6(11)7-5-3-4-10-9(12)8(5)7/h5,7-8H,2-4H2,1H3,(H,10,12)/t5-,7-,8+/m1/s1. The number of nitrogens with one attached hydrogen (secondary N) is 1. The molecule has 1 heterocycles. The van der Waals surface area contributed by atoms with Gasteiger partial charge in [-0.2, -0.15) is 0 Å². The fraction of sp³-hybridized carbons (Fsp3) is 0.778. The van der Waals surface area contributed by atoms with E-state index in [9.17, 15) is 9.59 Å². The SMILES string of the molecule is CCC(=O)[C@H]1[C@H]2CCNC(=O)[C@@H]21. The van der Waals surface area contributed by atoms with E-state index in [0.717, 1.165) is 13.0 Å². The van der Waals surface area contributed by atoms with E-state index in [0.29, 0.717) is 12.3 Å². The van der Waals surface area contributed by atoms with E-state index in [1.165, 1.54) is 0 Å². The summed E-state index contributed by atoms with van der Waals surface area (Å²) in [6.45, 7) is 2.62. The molecule has 1 saturated heterocycles. The van der Waals surface area contributed by atoms with Gasteiger partial charge in [-0.3, -0.25) is 9.59 Å². The maximum absolute atomic E-state index is 11.3. The number of piperidine rings is 1. The third kappa shape index (κ3) is 0.958. The maximum atomic E-state index is 11.3. The Hall–Kier alpha value is -0.860. The number of hydrogen-bond acceptors (Lipinski definition) is 2. The molecule has 3 heteroatoms. The molecule has 1 N–H and O–H groups in total. The van der Waals surface area contributed by atoms with Crippen molar-refractivity contribution in [3.63, 3.8) is 0 Å². The van der Waals surface area contributed by atoms with Crippen LogP contribution in [0.15, 0.2) is 0 Å². The molecule has 0 bridgehead atoms. The molecule has 66 valence electrons. The smallest absolute Gasteiger partial charge is 0.224 e. The number of rotatable bonds is 2. The summed E-state index contributed by atoms with van der Waals surface area (Å²) in [5, 5.41) is 2.79. The summed E-state index contributed by atoms with van der Waals surface area (Å²) in [6.07, 6.45) is 1.57. The van der Waals surface area contributed by atoms with Crippen molar-refractivity contribution >= 4 is 11.7 Å². The lowest BCUT2D eigenvalue weighted by Gasteiger charge is -2.08. The van der Waals surface area contributed by atoms with Gasteiger partial charge in [-0.15, -0.1) is 0 Å². The Morgan fingerprint density at radius 2 is 2.42 bits per heavy atom. The lowest BCUT2D eigenvalue weighted by molar-refractivity contribution is -0.126. The van der Waals surface area contributed by atoms with Crippen LogP contribution in [0, 0.1) is 17.8 Å². The molecule has 0 spiro atoms. The van der Waals surface area contributed by atoms with Crippen molar-refractivity contribution in [3.8, 4) is 0 Å². The van der Waals surface area contributed by atoms with Crippen LogP contribution in [-0.2, 0) is 9.59 Å². The Balaban J connectivity index is 2.05. The maximum Gasteiger partial charge on any atom is 0.224 e. The Labute approximate surface area is 71.5 Å². The molecule has 2 aliphatic rings. The quantitative estimate of drug-likeness (QED) is 0.645. The second-order valence-electron chi connectivity index (χ2n) is 3.61. The van der Waals surface area contributed by atoms with Gasteiger partial charge < -0.3 is 5.32 Å². The van der Waals surface area contributed by atoms with Crippen molar-refractivity contribution in [1.29, 1.82) is 0 Å². The van der Waals surface area contributed by atoms with Gasteiger partial charge in [0.1, 0.15) is 5.78 Å². The number of carbonyl (C=O) groups is 2. The molecule has 0 radical (unpaired) electrons. The first-order chi connectivity index (χ1) is 5.75. The van der Waals surface area contributed by atoms with Gasteiger partial charge in [0.25, 0.3) is 0 Å². The van der Waals surface area contributed by atoms with Gasteiger partial charge in [-0.25, -0.2) is 0 Å². The molecule has 2 rings (SSSR count). The fourth-order valence-corrected chi connectivity index (χ4v) is 2.25. The van der Waals surface area contributed by atoms with Gasteiger partial charge in [-0.05, 0) is 12.3 Å². The molecule has 12 heavy (non-hydrogen) atoms. The average Bonchev–Trinajstić information content (AvgIpc) is 2.79. The van der Waals surface area contributed by atoms with Crippen LogP contribution in [0.3, 0.4) is 0 Å². The predicted molar refractivity (Wildman–Crippen MR) is 43.4 cm³/mol. The largest absolute Gasteiger partial charge is 0.356 e. The highest BCUT2D eigenvalue weighted by molar-refractivity contribution is 5.94. The minimum absolute atomic E-state index is 0.0335. The van der Waals surface area contributed by atoms with Gasteiger partial charge in [-0.1, -0.05) is 6.92 Å². The predicted octanol–water partition coefficient (Wildman–Crippen LogP) is 0.348. The van der Waals surface area contributed by atoms with Gasteiger partial charge in [0.2, 0.25) is 5.91 Å². The van der Waals surface area contributed by atoms with Crippen molar-refractivity contribution in [2.75, 3.05) is 6.54 Å². The Bertz CT molecular complexity index is 237. The topological polar surface area (TPSA) is 46.2 Å². The highest BCUT2D eigenvalue weighted by Crippen LogP contribution is 2.51. The van der Waals surface area contributed by atoms with E-state index in [4.69, 9.17) is 0 Å². The highest BCUT2D eigenvalue weighted by Gasteiger charge is 2.58. The first-order valence-corrected chi connectivity index (χ1v) is 4.56. The zero-order chi connectivity index (χ0) is 8.72. The van der Waals surface area contributed by atoms with Crippen molar-refractivity contribution in [2.24, 2.45) is 17.8 Å². The van der Waals surface area contributed by atoms with Gasteiger partial charge >= 0.3 is 0 Å². The second kappa shape index (κ2) is 2.57. The summed E-state index contributed by atoms with van der Waals surface area (Å²) in [6, 6.07) is 0. The molecule has 2 fully saturated rings.